The molecule has 3 nitrogen and oxygen atoms in total. The summed E-state index contributed by atoms with van der Waals surface area (Å²) in [5.74, 6) is 1.45. The van der Waals surface area contributed by atoms with E-state index < -0.39 is 0 Å². The first-order chi connectivity index (χ1) is 6.27. The van der Waals surface area contributed by atoms with E-state index in [0.29, 0.717) is 5.88 Å². The molecule has 5 heteroatoms. The zero-order chi connectivity index (χ0) is 9.68. The van der Waals surface area contributed by atoms with E-state index >= 15 is 0 Å². The van der Waals surface area contributed by atoms with Crippen molar-refractivity contribution in [2.24, 2.45) is 0 Å². The van der Waals surface area contributed by atoms with E-state index in [-0.39, 0.29) is 4.95 Å². The molecule has 1 heterocycles. The summed E-state index contributed by atoms with van der Waals surface area (Å²) in [5.41, 5.74) is 0. The minimum absolute atomic E-state index is 0.204. The van der Waals surface area contributed by atoms with Crippen LogP contribution in [0.1, 0.15) is 17.8 Å². The Morgan fingerprint density at radius 3 is 3.08 bits per heavy atom. The monoisotopic (exact) mass is 266 g/mol. The van der Waals surface area contributed by atoms with Gasteiger partial charge in [0.05, 0.1) is 19.5 Å². The van der Waals surface area contributed by atoms with Crippen LogP contribution >= 0.6 is 27.5 Å². The predicted molar refractivity (Wildman–Crippen MR) is 56.7 cm³/mol. The van der Waals surface area contributed by atoms with Gasteiger partial charge in [0, 0.05) is 5.88 Å². The molecule has 0 saturated carbocycles. The highest BCUT2D eigenvalue weighted by Gasteiger charge is 2.07. The lowest BCUT2D eigenvalue weighted by Gasteiger charge is -2.08. The first-order valence-corrected chi connectivity index (χ1v) is 5.51. The molecule has 0 aliphatic carbocycles. The third-order valence-electron chi connectivity index (χ3n) is 1.68. The molecule has 0 aliphatic heterocycles. The van der Waals surface area contributed by atoms with E-state index in [2.05, 4.69) is 21.0 Å². The van der Waals surface area contributed by atoms with Crippen molar-refractivity contribution < 1.29 is 4.74 Å². The third-order valence-corrected chi connectivity index (χ3v) is 2.82. The van der Waals surface area contributed by atoms with Crippen molar-refractivity contribution >= 4 is 27.5 Å². The van der Waals surface area contributed by atoms with Gasteiger partial charge in [-0.1, -0.05) is 15.9 Å². The van der Waals surface area contributed by atoms with Gasteiger partial charge in [0.1, 0.15) is 4.95 Å². The Kier molecular flexibility index (Phi) is 4.59. The van der Waals surface area contributed by atoms with Crippen molar-refractivity contribution in [2.45, 2.75) is 17.8 Å². The van der Waals surface area contributed by atoms with Crippen LogP contribution in [-0.2, 0) is 0 Å². The quantitative estimate of drug-likeness (QED) is 0.767. The lowest BCUT2D eigenvalue weighted by atomic mass is 10.3. The van der Waals surface area contributed by atoms with Crippen molar-refractivity contribution in [1.82, 2.24) is 9.78 Å². The van der Waals surface area contributed by atoms with E-state index in [4.69, 9.17) is 16.3 Å². The van der Waals surface area contributed by atoms with Crippen molar-refractivity contribution in [3.05, 3.63) is 12.4 Å². The Bertz CT molecular complexity index is 254. The van der Waals surface area contributed by atoms with Crippen molar-refractivity contribution in [3.8, 4) is 5.75 Å². The lowest BCUT2D eigenvalue weighted by molar-refractivity contribution is 0.413. The molecule has 0 amide bonds. The Balaban J connectivity index is 2.50. The second-order valence-corrected chi connectivity index (χ2v) is 4.06. The van der Waals surface area contributed by atoms with Crippen LogP contribution in [0.3, 0.4) is 0 Å². The Labute approximate surface area is 91.1 Å². The molecular weight excluding hydrogens is 255 g/mol. The number of hydrogen-bond acceptors (Lipinski definition) is 2. The number of rotatable bonds is 5. The summed E-state index contributed by atoms with van der Waals surface area (Å²) in [5, 5.41) is 4.14. The molecule has 13 heavy (non-hydrogen) atoms. The van der Waals surface area contributed by atoms with Crippen LogP contribution in [0, 0.1) is 0 Å². The minimum Gasteiger partial charge on any atom is -0.493 e. The highest BCUT2D eigenvalue weighted by Crippen LogP contribution is 2.22. The molecule has 0 bridgehead atoms. The van der Waals surface area contributed by atoms with E-state index in [0.717, 1.165) is 18.6 Å². The van der Waals surface area contributed by atoms with Gasteiger partial charge in [-0.15, -0.1) is 11.6 Å². The molecule has 1 atom stereocenters. The second kappa shape index (κ2) is 5.50. The van der Waals surface area contributed by atoms with Crippen LogP contribution in [0.2, 0.25) is 0 Å². The van der Waals surface area contributed by atoms with Gasteiger partial charge in [-0.25, -0.2) is 0 Å². The fourth-order valence-electron chi connectivity index (χ4n) is 0.957. The third kappa shape index (κ3) is 3.19. The maximum Gasteiger partial charge on any atom is 0.156 e. The number of methoxy groups -OCH3 is 1. The van der Waals surface area contributed by atoms with Gasteiger partial charge in [-0.3, -0.25) is 4.68 Å². The average molecular weight is 268 g/mol. The summed E-state index contributed by atoms with van der Waals surface area (Å²) in [6.07, 6.45) is 5.48. The molecule has 0 radical (unpaired) electrons. The molecule has 0 fully saturated rings. The van der Waals surface area contributed by atoms with Crippen molar-refractivity contribution in [2.75, 3.05) is 13.0 Å². The molecule has 1 aromatic rings. The highest BCUT2D eigenvalue weighted by atomic mass is 79.9. The number of alkyl halides is 2. The summed E-state index contributed by atoms with van der Waals surface area (Å²) in [6, 6.07) is 0. The zero-order valence-electron chi connectivity index (χ0n) is 7.41. The van der Waals surface area contributed by atoms with Gasteiger partial charge in [0.25, 0.3) is 0 Å². The first-order valence-electron chi connectivity index (χ1n) is 4.06. The summed E-state index contributed by atoms with van der Waals surface area (Å²) >= 11 is 9.11. The maximum absolute atomic E-state index is 5.59. The maximum atomic E-state index is 5.59. The van der Waals surface area contributed by atoms with E-state index in [1.807, 2.05) is 10.9 Å². The first kappa shape index (κ1) is 10.9. The normalized spacial score (nSPS) is 12.8. The number of nitrogens with zero attached hydrogens (tertiary/aromatic N) is 2. The second-order valence-electron chi connectivity index (χ2n) is 2.63. The average Bonchev–Trinajstić information content (AvgIpc) is 2.62. The van der Waals surface area contributed by atoms with Crippen LogP contribution in [-0.4, -0.2) is 22.8 Å². The van der Waals surface area contributed by atoms with Crippen LogP contribution in [0.5, 0.6) is 5.75 Å². The summed E-state index contributed by atoms with van der Waals surface area (Å²) in [4.78, 5) is 0.204. The molecule has 1 aromatic heterocycles. The van der Waals surface area contributed by atoms with Crippen LogP contribution in [0.25, 0.3) is 0 Å². The smallest absolute Gasteiger partial charge is 0.156 e. The highest BCUT2D eigenvalue weighted by molar-refractivity contribution is 9.09. The molecule has 1 unspecified atom stereocenters. The van der Waals surface area contributed by atoms with Gasteiger partial charge in [-0.05, 0) is 12.8 Å². The molecule has 0 spiro atoms. The molecular formula is C8H12BrClN2O. The van der Waals surface area contributed by atoms with Crippen LogP contribution in [0.4, 0.5) is 0 Å². The van der Waals surface area contributed by atoms with Crippen molar-refractivity contribution in [3.63, 3.8) is 0 Å². The Morgan fingerprint density at radius 1 is 1.77 bits per heavy atom. The summed E-state index contributed by atoms with van der Waals surface area (Å²) < 4.78 is 6.84. The lowest BCUT2D eigenvalue weighted by Crippen LogP contribution is -2.02. The number of halogens is 2. The van der Waals surface area contributed by atoms with E-state index in [1.165, 1.54) is 0 Å². The Morgan fingerprint density at radius 2 is 2.54 bits per heavy atom. The topological polar surface area (TPSA) is 27.1 Å². The fraction of sp³-hybridized carbons (Fsp3) is 0.625. The minimum atomic E-state index is 0.204. The van der Waals surface area contributed by atoms with Gasteiger partial charge < -0.3 is 4.74 Å². The van der Waals surface area contributed by atoms with Gasteiger partial charge >= 0.3 is 0 Å². The molecule has 0 aromatic carbocycles. The largest absolute Gasteiger partial charge is 0.493 e. The predicted octanol–water partition coefficient (Wildman–Crippen LogP) is 2.80. The Hall–Kier alpha value is -0.220. The van der Waals surface area contributed by atoms with E-state index in [1.54, 1.807) is 13.3 Å². The van der Waals surface area contributed by atoms with Gasteiger partial charge in [-0.2, -0.15) is 5.10 Å². The molecule has 1 rings (SSSR count). The summed E-state index contributed by atoms with van der Waals surface area (Å²) in [7, 11) is 1.63. The fourth-order valence-corrected chi connectivity index (χ4v) is 1.66. The van der Waals surface area contributed by atoms with E-state index in [9.17, 15) is 0 Å². The van der Waals surface area contributed by atoms with Gasteiger partial charge in [0.2, 0.25) is 0 Å². The molecule has 0 saturated heterocycles. The SMILES string of the molecule is COc1cnn(C(Br)CCCCl)c1. The molecule has 74 valence electrons. The molecule has 0 N–H and O–H groups in total. The number of aromatic nitrogens is 2. The number of hydrogen-bond donors (Lipinski definition) is 0. The van der Waals surface area contributed by atoms with Crippen molar-refractivity contribution in [1.29, 1.82) is 0 Å². The van der Waals surface area contributed by atoms with Crippen LogP contribution < -0.4 is 4.74 Å². The van der Waals surface area contributed by atoms with Gasteiger partial charge in [0.15, 0.2) is 5.75 Å². The number of ether oxygens (including phenoxy) is 1. The van der Waals surface area contributed by atoms with Crippen LogP contribution in [0.15, 0.2) is 12.4 Å². The standard InChI is InChI=1S/C8H12BrClN2O/c1-13-7-5-11-12(6-7)8(9)3-2-4-10/h5-6,8H,2-4H2,1H3. The summed E-state index contributed by atoms with van der Waals surface area (Å²) in [6.45, 7) is 0. The zero-order valence-corrected chi connectivity index (χ0v) is 9.75. The molecule has 0 aliphatic rings.